The lowest BCUT2D eigenvalue weighted by Crippen LogP contribution is -2.27. The summed E-state index contributed by atoms with van der Waals surface area (Å²) in [5.41, 5.74) is 1.50. The van der Waals surface area contributed by atoms with Gasteiger partial charge in [-0.25, -0.2) is 0 Å². The van der Waals surface area contributed by atoms with Gasteiger partial charge in [-0.15, -0.1) is 5.10 Å². The number of nitrogens with zero attached hydrogens (tertiary/aromatic N) is 3. The van der Waals surface area contributed by atoms with E-state index in [2.05, 4.69) is 14.9 Å². The van der Waals surface area contributed by atoms with Crippen LogP contribution in [0.15, 0.2) is 41.3 Å². The maximum Gasteiger partial charge on any atom is 0.262 e. The van der Waals surface area contributed by atoms with Gasteiger partial charge in [0.25, 0.3) is 5.91 Å². The predicted molar refractivity (Wildman–Crippen MR) is 76.5 cm³/mol. The van der Waals surface area contributed by atoms with E-state index in [1.54, 1.807) is 5.38 Å². The zero-order valence-corrected chi connectivity index (χ0v) is 11.6. The standard InChI is InChI=1S/C14H12N4OS/c1-10(11-5-3-2-4-6-11)16-14(19)12(8-15)7-13-9-20-18-17-13/h2-7,9-10H,1H3,(H,16,19)/b12-7+. The summed E-state index contributed by atoms with van der Waals surface area (Å²) in [5, 5.41) is 17.3. The van der Waals surface area contributed by atoms with Gasteiger partial charge in [0.1, 0.15) is 11.6 Å². The monoisotopic (exact) mass is 284 g/mol. The van der Waals surface area contributed by atoms with Crippen molar-refractivity contribution in [3.05, 3.63) is 52.5 Å². The molecule has 0 bridgehead atoms. The van der Waals surface area contributed by atoms with Crippen LogP contribution in [0.4, 0.5) is 0 Å². The van der Waals surface area contributed by atoms with Crippen molar-refractivity contribution in [1.82, 2.24) is 14.9 Å². The third-order valence-electron chi connectivity index (χ3n) is 2.68. The zero-order chi connectivity index (χ0) is 14.4. The van der Waals surface area contributed by atoms with Gasteiger partial charge in [0, 0.05) is 5.38 Å². The molecule has 0 radical (unpaired) electrons. The molecule has 0 saturated heterocycles. The fourth-order valence-corrected chi connectivity index (χ4v) is 2.04. The first-order valence-electron chi connectivity index (χ1n) is 5.95. The molecule has 0 aliphatic rings. The molecule has 1 aromatic carbocycles. The molecule has 20 heavy (non-hydrogen) atoms. The molecule has 1 aromatic heterocycles. The van der Waals surface area contributed by atoms with Gasteiger partial charge in [-0.2, -0.15) is 5.26 Å². The molecule has 1 amide bonds. The number of rotatable bonds is 4. The van der Waals surface area contributed by atoms with Crippen LogP contribution in [0.5, 0.6) is 0 Å². The van der Waals surface area contributed by atoms with E-state index in [-0.39, 0.29) is 11.6 Å². The third kappa shape index (κ3) is 3.49. The van der Waals surface area contributed by atoms with Crippen molar-refractivity contribution in [2.24, 2.45) is 0 Å². The van der Waals surface area contributed by atoms with E-state index < -0.39 is 5.91 Å². The molecule has 5 nitrogen and oxygen atoms in total. The Balaban J connectivity index is 2.09. The van der Waals surface area contributed by atoms with Crippen molar-refractivity contribution in [3.63, 3.8) is 0 Å². The highest BCUT2D eigenvalue weighted by Crippen LogP contribution is 2.12. The number of carbonyl (C=O) groups is 1. The van der Waals surface area contributed by atoms with Crippen LogP contribution in [0.25, 0.3) is 6.08 Å². The van der Waals surface area contributed by atoms with Crippen molar-refractivity contribution in [1.29, 1.82) is 5.26 Å². The molecule has 100 valence electrons. The van der Waals surface area contributed by atoms with Crippen molar-refractivity contribution >= 4 is 23.5 Å². The minimum Gasteiger partial charge on any atom is -0.345 e. The number of amides is 1. The van der Waals surface area contributed by atoms with Gasteiger partial charge in [0.15, 0.2) is 0 Å². The molecule has 0 saturated carbocycles. The van der Waals surface area contributed by atoms with Crippen LogP contribution >= 0.6 is 11.5 Å². The van der Waals surface area contributed by atoms with Crippen LogP contribution in [0, 0.1) is 11.3 Å². The summed E-state index contributed by atoms with van der Waals surface area (Å²) in [5.74, 6) is -0.420. The molecule has 1 atom stereocenters. The number of hydrogen-bond donors (Lipinski definition) is 1. The summed E-state index contributed by atoms with van der Waals surface area (Å²) < 4.78 is 3.68. The number of nitrogens with one attached hydrogen (secondary N) is 1. The molecule has 0 aliphatic heterocycles. The van der Waals surface area contributed by atoms with Gasteiger partial charge in [0.05, 0.1) is 11.7 Å². The van der Waals surface area contributed by atoms with E-state index in [0.29, 0.717) is 5.69 Å². The Bertz CT molecular complexity index is 644. The summed E-state index contributed by atoms with van der Waals surface area (Å²) in [6.07, 6.45) is 1.43. The number of benzene rings is 1. The molecule has 0 fully saturated rings. The Morgan fingerprint density at radius 2 is 2.20 bits per heavy atom. The van der Waals surface area contributed by atoms with Gasteiger partial charge < -0.3 is 5.32 Å². The average Bonchev–Trinajstić information content (AvgIpc) is 2.98. The van der Waals surface area contributed by atoms with Crippen LogP contribution < -0.4 is 5.32 Å². The lowest BCUT2D eigenvalue weighted by atomic mass is 10.1. The van der Waals surface area contributed by atoms with Gasteiger partial charge in [-0.3, -0.25) is 4.79 Å². The summed E-state index contributed by atoms with van der Waals surface area (Å²) in [6, 6.07) is 11.3. The molecule has 0 aliphatic carbocycles. The Morgan fingerprint density at radius 3 is 2.80 bits per heavy atom. The SMILES string of the molecule is CC(NC(=O)/C(C#N)=C/c1csnn1)c1ccccc1. The highest BCUT2D eigenvalue weighted by Gasteiger charge is 2.13. The van der Waals surface area contributed by atoms with Crippen molar-refractivity contribution < 1.29 is 4.79 Å². The largest absolute Gasteiger partial charge is 0.345 e. The molecule has 0 spiro atoms. The maximum absolute atomic E-state index is 12.0. The second-order valence-corrected chi connectivity index (χ2v) is 4.72. The van der Waals surface area contributed by atoms with Crippen LogP contribution in [-0.2, 0) is 4.79 Å². The van der Waals surface area contributed by atoms with Gasteiger partial charge in [-0.1, -0.05) is 34.8 Å². The van der Waals surface area contributed by atoms with E-state index in [1.165, 1.54) is 17.6 Å². The molecule has 2 aromatic rings. The van der Waals surface area contributed by atoms with E-state index in [1.807, 2.05) is 43.3 Å². The summed E-state index contributed by atoms with van der Waals surface area (Å²) >= 11 is 1.17. The van der Waals surface area contributed by atoms with Gasteiger partial charge in [0.2, 0.25) is 0 Å². The minimum atomic E-state index is -0.420. The molecule has 1 heterocycles. The fraction of sp³-hybridized carbons (Fsp3) is 0.143. The Kier molecular flexibility index (Phi) is 4.58. The molecular formula is C14H12N4OS. The smallest absolute Gasteiger partial charge is 0.262 e. The summed E-state index contributed by atoms with van der Waals surface area (Å²) in [4.78, 5) is 12.0. The van der Waals surface area contributed by atoms with Crippen molar-refractivity contribution in [2.45, 2.75) is 13.0 Å². The van der Waals surface area contributed by atoms with Gasteiger partial charge in [-0.05, 0) is 30.1 Å². The number of hydrogen-bond acceptors (Lipinski definition) is 5. The number of aromatic nitrogens is 2. The van der Waals surface area contributed by atoms with Crippen LogP contribution in [0.1, 0.15) is 24.2 Å². The van der Waals surface area contributed by atoms with Crippen LogP contribution in [-0.4, -0.2) is 15.5 Å². The highest BCUT2D eigenvalue weighted by atomic mass is 32.1. The van der Waals surface area contributed by atoms with E-state index in [0.717, 1.165) is 5.56 Å². The molecular weight excluding hydrogens is 272 g/mol. The lowest BCUT2D eigenvalue weighted by Gasteiger charge is -2.13. The number of carbonyl (C=O) groups excluding carboxylic acids is 1. The topological polar surface area (TPSA) is 78.7 Å². The van der Waals surface area contributed by atoms with E-state index >= 15 is 0 Å². The molecule has 2 rings (SSSR count). The number of nitriles is 1. The minimum absolute atomic E-state index is 0.0143. The van der Waals surface area contributed by atoms with Crippen molar-refractivity contribution in [3.8, 4) is 6.07 Å². The Hall–Kier alpha value is -2.52. The van der Waals surface area contributed by atoms with Crippen LogP contribution in [0.3, 0.4) is 0 Å². The third-order valence-corrected chi connectivity index (χ3v) is 3.20. The first-order chi connectivity index (χ1) is 9.70. The fourth-order valence-electron chi connectivity index (χ4n) is 1.63. The average molecular weight is 284 g/mol. The predicted octanol–water partition coefficient (Wildman–Crippen LogP) is 2.32. The Morgan fingerprint density at radius 1 is 1.45 bits per heavy atom. The second kappa shape index (κ2) is 6.59. The second-order valence-electron chi connectivity index (χ2n) is 4.11. The normalized spacial score (nSPS) is 12.5. The Labute approximate surface area is 120 Å². The molecule has 1 unspecified atom stereocenters. The maximum atomic E-state index is 12.0. The summed E-state index contributed by atoms with van der Waals surface area (Å²) in [6.45, 7) is 1.87. The first kappa shape index (κ1) is 13.9. The summed E-state index contributed by atoms with van der Waals surface area (Å²) in [7, 11) is 0. The van der Waals surface area contributed by atoms with Crippen LogP contribution in [0.2, 0.25) is 0 Å². The highest BCUT2D eigenvalue weighted by molar-refractivity contribution is 7.03. The first-order valence-corrected chi connectivity index (χ1v) is 6.79. The molecule has 6 heteroatoms. The van der Waals surface area contributed by atoms with Crippen molar-refractivity contribution in [2.75, 3.05) is 0 Å². The zero-order valence-electron chi connectivity index (χ0n) is 10.8. The molecule has 1 N–H and O–H groups in total. The van der Waals surface area contributed by atoms with E-state index in [4.69, 9.17) is 5.26 Å². The van der Waals surface area contributed by atoms with Gasteiger partial charge >= 0.3 is 0 Å². The lowest BCUT2D eigenvalue weighted by molar-refractivity contribution is -0.117. The van der Waals surface area contributed by atoms with E-state index in [9.17, 15) is 4.79 Å². The quantitative estimate of drug-likeness (QED) is 0.690.